The molecule has 2 nitrogen and oxygen atoms in total. The summed E-state index contributed by atoms with van der Waals surface area (Å²) >= 11 is 0. The summed E-state index contributed by atoms with van der Waals surface area (Å²) < 4.78 is 0. The minimum atomic E-state index is 0.714. The topological polar surface area (TPSA) is 29.3 Å². The molecule has 0 aromatic heterocycles. The summed E-state index contributed by atoms with van der Waals surface area (Å²) in [6.07, 6.45) is 5.12. The van der Waals surface area contributed by atoms with E-state index in [9.17, 15) is 0 Å². The van der Waals surface area contributed by atoms with Gasteiger partial charge in [0.2, 0.25) is 0 Å². The number of nitrogens with zero attached hydrogens (tertiary/aromatic N) is 1. The van der Waals surface area contributed by atoms with E-state index in [2.05, 4.69) is 39.5 Å². The predicted octanol–water partition coefficient (Wildman–Crippen LogP) is 3.76. The molecule has 18 heavy (non-hydrogen) atoms. The fourth-order valence-electron chi connectivity index (χ4n) is 2.07. The van der Waals surface area contributed by atoms with E-state index in [4.69, 9.17) is 5.73 Å². The first-order valence-corrected chi connectivity index (χ1v) is 7.91. The van der Waals surface area contributed by atoms with Crippen molar-refractivity contribution in [1.29, 1.82) is 0 Å². The van der Waals surface area contributed by atoms with E-state index >= 15 is 0 Å². The Balaban J connectivity index is 4.02. The van der Waals surface area contributed by atoms with Crippen molar-refractivity contribution < 1.29 is 0 Å². The van der Waals surface area contributed by atoms with Gasteiger partial charge in [-0.1, -0.05) is 41.0 Å². The van der Waals surface area contributed by atoms with Gasteiger partial charge in [-0.25, -0.2) is 0 Å². The molecule has 0 fully saturated rings. The molecule has 0 saturated carbocycles. The van der Waals surface area contributed by atoms with E-state index < -0.39 is 0 Å². The zero-order chi connectivity index (χ0) is 14.0. The third-order valence-electron chi connectivity index (χ3n) is 3.81. The van der Waals surface area contributed by atoms with Crippen LogP contribution in [-0.4, -0.2) is 31.1 Å². The SMILES string of the molecule is CCC(CN)CCN(CCC(C)C)CCC(C)C. The Morgan fingerprint density at radius 1 is 0.833 bits per heavy atom. The highest BCUT2D eigenvalue weighted by Crippen LogP contribution is 2.11. The molecular formula is C16H36N2. The first-order valence-electron chi connectivity index (χ1n) is 7.91. The molecule has 0 bridgehead atoms. The highest BCUT2D eigenvalue weighted by atomic mass is 15.1. The summed E-state index contributed by atoms with van der Waals surface area (Å²) in [5.74, 6) is 2.33. The molecule has 0 aliphatic heterocycles. The fourth-order valence-corrected chi connectivity index (χ4v) is 2.07. The molecular weight excluding hydrogens is 220 g/mol. The second-order valence-electron chi connectivity index (χ2n) is 6.51. The van der Waals surface area contributed by atoms with Gasteiger partial charge in [0.05, 0.1) is 0 Å². The fraction of sp³-hybridized carbons (Fsp3) is 1.00. The first-order chi connectivity index (χ1) is 8.49. The van der Waals surface area contributed by atoms with E-state index in [0.717, 1.165) is 18.4 Å². The minimum Gasteiger partial charge on any atom is -0.330 e. The summed E-state index contributed by atoms with van der Waals surface area (Å²) in [5.41, 5.74) is 5.80. The van der Waals surface area contributed by atoms with Crippen molar-refractivity contribution in [2.75, 3.05) is 26.2 Å². The van der Waals surface area contributed by atoms with Crippen LogP contribution in [-0.2, 0) is 0 Å². The maximum absolute atomic E-state index is 5.80. The van der Waals surface area contributed by atoms with Crippen molar-refractivity contribution in [2.45, 2.75) is 60.3 Å². The van der Waals surface area contributed by atoms with Crippen LogP contribution < -0.4 is 5.73 Å². The summed E-state index contributed by atoms with van der Waals surface area (Å²) in [6.45, 7) is 16.1. The lowest BCUT2D eigenvalue weighted by Gasteiger charge is -2.26. The van der Waals surface area contributed by atoms with Crippen LogP contribution >= 0.6 is 0 Å². The van der Waals surface area contributed by atoms with Crippen molar-refractivity contribution in [3.63, 3.8) is 0 Å². The smallest absolute Gasteiger partial charge is 0.00156 e. The molecule has 0 radical (unpaired) electrons. The number of hydrogen-bond acceptors (Lipinski definition) is 2. The summed E-state index contributed by atoms with van der Waals surface area (Å²) in [7, 11) is 0. The Bertz CT molecular complexity index is 162. The second kappa shape index (κ2) is 10.8. The highest BCUT2D eigenvalue weighted by molar-refractivity contribution is 4.65. The van der Waals surface area contributed by atoms with Gasteiger partial charge in [-0.05, 0) is 63.2 Å². The van der Waals surface area contributed by atoms with Gasteiger partial charge in [0, 0.05) is 0 Å². The molecule has 110 valence electrons. The number of rotatable bonds is 11. The summed E-state index contributed by atoms with van der Waals surface area (Å²) in [5, 5.41) is 0. The van der Waals surface area contributed by atoms with Gasteiger partial charge in [-0.3, -0.25) is 0 Å². The Kier molecular flexibility index (Phi) is 10.8. The normalized spacial score (nSPS) is 13.8. The lowest BCUT2D eigenvalue weighted by atomic mass is 10.0. The Hall–Kier alpha value is -0.0800. The van der Waals surface area contributed by atoms with Crippen LogP contribution in [0.25, 0.3) is 0 Å². The van der Waals surface area contributed by atoms with E-state index in [1.54, 1.807) is 0 Å². The molecule has 0 aromatic rings. The Labute approximate surface area is 115 Å². The minimum absolute atomic E-state index is 0.714. The maximum atomic E-state index is 5.80. The molecule has 1 atom stereocenters. The molecule has 0 rings (SSSR count). The van der Waals surface area contributed by atoms with E-state index in [-0.39, 0.29) is 0 Å². The van der Waals surface area contributed by atoms with Crippen molar-refractivity contribution >= 4 is 0 Å². The predicted molar refractivity (Wildman–Crippen MR) is 82.8 cm³/mol. The zero-order valence-electron chi connectivity index (χ0n) is 13.4. The van der Waals surface area contributed by atoms with E-state index in [1.807, 2.05) is 0 Å². The molecule has 0 amide bonds. The van der Waals surface area contributed by atoms with Crippen LogP contribution in [0, 0.1) is 17.8 Å². The Morgan fingerprint density at radius 3 is 1.61 bits per heavy atom. The quantitative estimate of drug-likeness (QED) is 0.610. The standard InChI is InChI=1S/C16H36N2/c1-6-16(13-17)9-12-18(10-7-14(2)3)11-8-15(4)5/h14-16H,6-13,17H2,1-5H3. The zero-order valence-corrected chi connectivity index (χ0v) is 13.4. The maximum Gasteiger partial charge on any atom is -0.00156 e. The molecule has 1 unspecified atom stereocenters. The van der Waals surface area contributed by atoms with Crippen LogP contribution in [0.1, 0.15) is 60.3 Å². The van der Waals surface area contributed by atoms with Crippen LogP contribution in [0.5, 0.6) is 0 Å². The highest BCUT2D eigenvalue weighted by Gasteiger charge is 2.10. The monoisotopic (exact) mass is 256 g/mol. The largest absolute Gasteiger partial charge is 0.330 e. The summed E-state index contributed by atoms with van der Waals surface area (Å²) in [4.78, 5) is 2.65. The molecule has 0 heterocycles. The molecule has 0 aromatic carbocycles. The van der Waals surface area contributed by atoms with Crippen LogP contribution in [0.3, 0.4) is 0 Å². The van der Waals surface area contributed by atoms with Gasteiger partial charge < -0.3 is 10.6 Å². The average molecular weight is 256 g/mol. The molecule has 0 aliphatic rings. The lowest BCUT2D eigenvalue weighted by Crippen LogP contribution is -2.31. The Morgan fingerprint density at radius 2 is 1.28 bits per heavy atom. The van der Waals surface area contributed by atoms with Gasteiger partial charge in [-0.2, -0.15) is 0 Å². The first kappa shape index (κ1) is 17.9. The van der Waals surface area contributed by atoms with Crippen LogP contribution in [0.4, 0.5) is 0 Å². The molecule has 0 saturated heterocycles. The number of nitrogens with two attached hydrogens (primary N) is 1. The van der Waals surface area contributed by atoms with Gasteiger partial charge >= 0.3 is 0 Å². The lowest BCUT2D eigenvalue weighted by molar-refractivity contribution is 0.226. The molecule has 0 aliphatic carbocycles. The number of hydrogen-bond donors (Lipinski definition) is 1. The van der Waals surface area contributed by atoms with Gasteiger partial charge in [-0.15, -0.1) is 0 Å². The van der Waals surface area contributed by atoms with Crippen molar-refractivity contribution in [3.05, 3.63) is 0 Å². The molecule has 2 heteroatoms. The average Bonchev–Trinajstić information content (AvgIpc) is 2.32. The van der Waals surface area contributed by atoms with Crippen molar-refractivity contribution in [2.24, 2.45) is 23.5 Å². The van der Waals surface area contributed by atoms with Gasteiger partial charge in [0.25, 0.3) is 0 Å². The molecule has 2 N–H and O–H groups in total. The van der Waals surface area contributed by atoms with Crippen LogP contribution in [0.2, 0.25) is 0 Å². The summed E-state index contributed by atoms with van der Waals surface area (Å²) in [6, 6.07) is 0. The van der Waals surface area contributed by atoms with Crippen molar-refractivity contribution in [3.8, 4) is 0 Å². The van der Waals surface area contributed by atoms with Gasteiger partial charge in [0.15, 0.2) is 0 Å². The van der Waals surface area contributed by atoms with E-state index in [0.29, 0.717) is 5.92 Å². The van der Waals surface area contributed by atoms with Crippen LogP contribution in [0.15, 0.2) is 0 Å². The van der Waals surface area contributed by atoms with E-state index in [1.165, 1.54) is 45.3 Å². The third kappa shape index (κ3) is 9.90. The molecule has 0 spiro atoms. The van der Waals surface area contributed by atoms with Crippen molar-refractivity contribution in [1.82, 2.24) is 4.90 Å². The van der Waals surface area contributed by atoms with Gasteiger partial charge in [0.1, 0.15) is 0 Å². The second-order valence-corrected chi connectivity index (χ2v) is 6.51. The third-order valence-corrected chi connectivity index (χ3v) is 3.81.